The summed E-state index contributed by atoms with van der Waals surface area (Å²) in [5, 5.41) is 0. The summed E-state index contributed by atoms with van der Waals surface area (Å²) in [6.07, 6.45) is 28.3. The van der Waals surface area contributed by atoms with Crippen LogP contribution in [-0.4, -0.2) is 12.6 Å². The largest absolute Gasteiger partial charge is 0.466 e. The predicted molar refractivity (Wildman–Crippen MR) is 133 cm³/mol. The van der Waals surface area contributed by atoms with Crippen LogP contribution in [0.3, 0.4) is 0 Å². The van der Waals surface area contributed by atoms with Gasteiger partial charge in [0.05, 0.1) is 6.61 Å². The second-order valence-corrected chi connectivity index (χ2v) is 9.51. The zero-order valence-corrected chi connectivity index (χ0v) is 21.2. The second kappa shape index (κ2) is 24.7. The average Bonchev–Trinajstić information content (AvgIpc) is 2.75. The molecule has 0 aliphatic carbocycles. The summed E-state index contributed by atoms with van der Waals surface area (Å²) in [7, 11) is 0. The van der Waals surface area contributed by atoms with E-state index in [0.29, 0.717) is 13.0 Å². The molecular weight excluding hydrogens is 368 g/mol. The molecule has 1 unspecified atom stereocenters. The minimum absolute atomic E-state index is 0.0245. The third-order valence-corrected chi connectivity index (χ3v) is 6.46. The van der Waals surface area contributed by atoms with Crippen LogP contribution in [0.25, 0.3) is 0 Å². The second-order valence-electron chi connectivity index (χ2n) is 9.51. The molecule has 0 amide bonds. The summed E-state index contributed by atoms with van der Waals surface area (Å²) in [6.45, 7) is 7.41. The molecule has 30 heavy (non-hydrogen) atoms. The minimum Gasteiger partial charge on any atom is -0.466 e. The maximum Gasteiger partial charge on any atom is 0.305 e. The molecular formula is C28H56O2. The summed E-state index contributed by atoms with van der Waals surface area (Å²) in [5.74, 6) is 0.778. The van der Waals surface area contributed by atoms with E-state index in [4.69, 9.17) is 4.74 Å². The van der Waals surface area contributed by atoms with E-state index in [0.717, 1.165) is 25.2 Å². The summed E-state index contributed by atoms with van der Waals surface area (Å²) in [5.41, 5.74) is 0. The molecule has 0 saturated carbocycles. The van der Waals surface area contributed by atoms with Crippen LogP contribution in [0.2, 0.25) is 0 Å². The van der Waals surface area contributed by atoms with Gasteiger partial charge in [-0.3, -0.25) is 4.79 Å². The molecule has 1 atom stereocenters. The van der Waals surface area contributed by atoms with Crippen LogP contribution in [0.5, 0.6) is 0 Å². The van der Waals surface area contributed by atoms with Gasteiger partial charge in [-0.25, -0.2) is 0 Å². The Morgan fingerprint density at radius 2 is 0.933 bits per heavy atom. The van der Waals surface area contributed by atoms with Gasteiger partial charge in [-0.05, 0) is 18.8 Å². The smallest absolute Gasteiger partial charge is 0.305 e. The average molecular weight is 425 g/mol. The van der Waals surface area contributed by atoms with Gasteiger partial charge < -0.3 is 4.74 Å². The minimum atomic E-state index is 0.0245. The summed E-state index contributed by atoms with van der Waals surface area (Å²) < 4.78 is 5.56. The lowest BCUT2D eigenvalue weighted by Crippen LogP contribution is -2.10. The molecule has 0 rings (SSSR count). The zero-order chi connectivity index (χ0) is 22.1. The highest BCUT2D eigenvalue weighted by atomic mass is 16.5. The van der Waals surface area contributed by atoms with Crippen LogP contribution in [0.15, 0.2) is 0 Å². The van der Waals surface area contributed by atoms with E-state index >= 15 is 0 Å². The van der Waals surface area contributed by atoms with Crippen molar-refractivity contribution < 1.29 is 9.53 Å². The summed E-state index contributed by atoms with van der Waals surface area (Å²) in [4.78, 5) is 11.9. The van der Waals surface area contributed by atoms with Gasteiger partial charge in [0.2, 0.25) is 0 Å². The Morgan fingerprint density at radius 1 is 0.533 bits per heavy atom. The Labute approximate surface area is 190 Å². The monoisotopic (exact) mass is 424 g/mol. The van der Waals surface area contributed by atoms with Crippen molar-refractivity contribution in [2.24, 2.45) is 5.92 Å². The number of ether oxygens (including phenoxy) is 1. The Bertz CT molecular complexity index is 340. The van der Waals surface area contributed by atoms with Crippen molar-refractivity contribution in [3.05, 3.63) is 0 Å². The van der Waals surface area contributed by atoms with Crippen molar-refractivity contribution >= 4 is 5.97 Å². The van der Waals surface area contributed by atoms with Gasteiger partial charge in [0, 0.05) is 6.42 Å². The van der Waals surface area contributed by atoms with Crippen LogP contribution in [0.4, 0.5) is 0 Å². The first-order valence-corrected chi connectivity index (χ1v) is 13.9. The van der Waals surface area contributed by atoms with E-state index in [1.165, 1.54) is 116 Å². The highest BCUT2D eigenvalue weighted by molar-refractivity contribution is 5.69. The molecule has 2 heteroatoms. The maximum absolute atomic E-state index is 11.9. The fourth-order valence-electron chi connectivity index (χ4n) is 4.32. The van der Waals surface area contributed by atoms with Gasteiger partial charge in [-0.1, -0.05) is 143 Å². The number of carbonyl (C=O) groups excluding carboxylic acids is 1. The molecule has 0 bridgehead atoms. The Kier molecular flexibility index (Phi) is 24.3. The summed E-state index contributed by atoms with van der Waals surface area (Å²) in [6, 6.07) is 0. The molecule has 0 saturated heterocycles. The number of unbranched alkanes of at least 4 members (excludes halogenated alkanes) is 15. The molecule has 0 spiro atoms. The molecule has 0 aliphatic rings. The lowest BCUT2D eigenvalue weighted by Gasteiger charge is -2.17. The molecule has 0 radical (unpaired) electrons. The van der Waals surface area contributed by atoms with Crippen molar-refractivity contribution in [1.29, 1.82) is 0 Å². The molecule has 0 aromatic rings. The molecule has 2 nitrogen and oxygen atoms in total. The van der Waals surface area contributed by atoms with E-state index in [-0.39, 0.29) is 5.97 Å². The Morgan fingerprint density at radius 3 is 1.40 bits per heavy atom. The fourth-order valence-corrected chi connectivity index (χ4v) is 4.32. The van der Waals surface area contributed by atoms with Crippen molar-refractivity contribution in [3.8, 4) is 0 Å². The normalized spacial score (nSPS) is 12.2. The van der Waals surface area contributed by atoms with Crippen LogP contribution in [0.1, 0.15) is 162 Å². The molecule has 180 valence electrons. The lowest BCUT2D eigenvalue weighted by molar-refractivity contribution is -0.144. The fraction of sp³-hybridized carbons (Fsp3) is 0.964. The van der Waals surface area contributed by atoms with E-state index in [9.17, 15) is 4.79 Å². The van der Waals surface area contributed by atoms with Crippen molar-refractivity contribution in [2.45, 2.75) is 162 Å². The standard InChI is InChI=1S/C28H56O2/c1-4-7-10-13-15-16-18-20-23-27(22-19-17-14-11-8-5-2)25-26-30-28(29)24-21-12-9-6-3/h27H,4-26H2,1-3H3. The van der Waals surface area contributed by atoms with Crippen molar-refractivity contribution in [3.63, 3.8) is 0 Å². The van der Waals surface area contributed by atoms with E-state index < -0.39 is 0 Å². The third kappa shape index (κ3) is 22.2. The van der Waals surface area contributed by atoms with E-state index in [1.54, 1.807) is 0 Å². The van der Waals surface area contributed by atoms with Gasteiger partial charge in [0.25, 0.3) is 0 Å². The summed E-state index contributed by atoms with van der Waals surface area (Å²) >= 11 is 0. The third-order valence-electron chi connectivity index (χ3n) is 6.46. The first-order chi connectivity index (χ1) is 14.7. The lowest BCUT2D eigenvalue weighted by atomic mass is 9.91. The van der Waals surface area contributed by atoms with E-state index in [2.05, 4.69) is 20.8 Å². The number of hydrogen-bond donors (Lipinski definition) is 0. The van der Waals surface area contributed by atoms with Gasteiger partial charge in [-0.15, -0.1) is 0 Å². The number of esters is 1. The first kappa shape index (κ1) is 29.5. The quantitative estimate of drug-likeness (QED) is 0.114. The number of carbonyl (C=O) groups is 1. The molecule has 0 N–H and O–H groups in total. The molecule has 0 aromatic carbocycles. The molecule has 0 aromatic heterocycles. The Hall–Kier alpha value is -0.530. The van der Waals surface area contributed by atoms with Gasteiger partial charge in [0.15, 0.2) is 0 Å². The topological polar surface area (TPSA) is 26.3 Å². The van der Waals surface area contributed by atoms with Crippen LogP contribution in [-0.2, 0) is 9.53 Å². The molecule has 0 aliphatic heterocycles. The van der Waals surface area contributed by atoms with Gasteiger partial charge in [-0.2, -0.15) is 0 Å². The highest BCUT2D eigenvalue weighted by Gasteiger charge is 2.11. The van der Waals surface area contributed by atoms with Gasteiger partial charge >= 0.3 is 5.97 Å². The predicted octanol–water partition coefficient (Wildman–Crippen LogP) is 9.79. The maximum atomic E-state index is 11.9. The molecule has 0 fully saturated rings. The van der Waals surface area contributed by atoms with Crippen LogP contribution < -0.4 is 0 Å². The van der Waals surface area contributed by atoms with Crippen LogP contribution in [0, 0.1) is 5.92 Å². The van der Waals surface area contributed by atoms with Crippen molar-refractivity contribution in [2.75, 3.05) is 6.61 Å². The SMILES string of the molecule is CCCCCCCCCCC(CCCCCCCC)CCOC(=O)CCCCCC. The van der Waals surface area contributed by atoms with Crippen molar-refractivity contribution in [1.82, 2.24) is 0 Å². The van der Waals surface area contributed by atoms with Crippen LogP contribution >= 0.6 is 0 Å². The van der Waals surface area contributed by atoms with E-state index in [1.807, 2.05) is 0 Å². The zero-order valence-electron chi connectivity index (χ0n) is 21.2. The number of hydrogen-bond acceptors (Lipinski definition) is 2. The Balaban J connectivity index is 3.95. The number of rotatable bonds is 24. The highest BCUT2D eigenvalue weighted by Crippen LogP contribution is 2.22. The first-order valence-electron chi connectivity index (χ1n) is 13.9. The van der Waals surface area contributed by atoms with Gasteiger partial charge in [0.1, 0.15) is 0 Å². The molecule has 0 heterocycles.